The first-order valence-electron chi connectivity index (χ1n) is 5.75. The summed E-state index contributed by atoms with van der Waals surface area (Å²) >= 11 is 13.6. The van der Waals surface area contributed by atoms with Crippen molar-refractivity contribution in [3.8, 4) is 0 Å². The number of rotatable bonds is 4. The number of quaternary nitrogens is 1. The lowest BCUT2D eigenvalue weighted by atomic mass is 10.1. The second-order valence-corrected chi connectivity index (χ2v) is 6.14. The Bertz CT molecular complexity index is 540. The van der Waals surface area contributed by atoms with Gasteiger partial charge in [0.2, 0.25) is 0 Å². The SMILES string of the molecule is Cc1nc(C[NH2+][C@@H](C)c2ccc(Cl)c(Cl)c2)cs1. The highest BCUT2D eigenvalue weighted by molar-refractivity contribution is 7.09. The Morgan fingerprint density at radius 3 is 2.72 bits per heavy atom. The zero-order valence-electron chi connectivity index (χ0n) is 10.3. The molecule has 1 aromatic heterocycles. The number of aromatic nitrogens is 1. The summed E-state index contributed by atoms with van der Waals surface area (Å²) in [6.07, 6.45) is 0. The molecule has 0 aliphatic rings. The fourth-order valence-electron chi connectivity index (χ4n) is 1.73. The number of hydrogen-bond acceptors (Lipinski definition) is 2. The van der Waals surface area contributed by atoms with Gasteiger partial charge in [0.25, 0.3) is 0 Å². The lowest BCUT2D eigenvalue weighted by Crippen LogP contribution is -2.83. The van der Waals surface area contributed by atoms with Gasteiger partial charge in [0, 0.05) is 10.9 Å². The maximum Gasteiger partial charge on any atom is 0.120 e. The zero-order chi connectivity index (χ0) is 13.1. The van der Waals surface area contributed by atoms with E-state index in [0.29, 0.717) is 16.1 Å². The minimum Gasteiger partial charge on any atom is -0.335 e. The predicted molar refractivity (Wildman–Crippen MR) is 77.4 cm³/mol. The lowest BCUT2D eigenvalue weighted by Gasteiger charge is -2.11. The Kier molecular flexibility index (Phi) is 4.62. The Morgan fingerprint density at radius 2 is 2.11 bits per heavy atom. The third-order valence-corrected chi connectivity index (χ3v) is 4.38. The summed E-state index contributed by atoms with van der Waals surface area (Å²) < 4.78 is 0. The van der Waals surface area contributed by atoms with Crippen LogP contribution in [-0.4, -0.2) is 4.98 Å². The van der Waals surface area contributed by atoms with Crippen LogP contribution in [0.25, 0.3) is 0 Å². The van der Waals surface area contributed by atoms with Gasteiger partial charge < -0.3 is 5.32 Å². The van der Waals surface area contributed by atoms with Crippen LogP contribution >= 0.6 is 34.5 Å². The highest BCUT2D eigenvalue weighted by atomic mass is 35.5. The van der Waals surface area contributed by atoms with Crippen molar-refractivity contribution >= 4 is 34.5 Å². The minimum absolute atomic E-state index is 0.335. The van der Waals surface area contributed by atoms with Gasteiger partial charge in [0.15, 0.2) is 0 Å². The number of nitrogens with two attached hydrogens (primary N) is 1. The first kappa shape index (κ1) is 13.8. The third kappa shape index (κ3) is 3.45. The lowest BCUT2D eigenvalue weighted by molar-refractivity contribution is -0.708. The Morgan fingerprint density at radius 1 is 1.33 bits per heavy atom. The topological polar surface area (TPSA) is 29.5 Å². The second kappa shape index (κ2) is 6.02. The van der Waals surface area contributed by atoms with Gasteiger partial charge in [0.1, 0.15) is 18.3 Å². The van der Waals surface area contributed by atoms with Crippen molar-refractivity contribution in [1.29, 1.82) is 0 Å². The Labute approximate surface area is 121 Å². The van der Waals surface area contributed by atoms with E-state index in [1.54, 1.807) is 11.3 Å². The van der Waals surface area contributed by atoms with Gasteiger partial charge in [-0.2, -0.15) is 0 Å². The number of thiazole rings is 1. The molecule has 96 valence electrons. The molecule has 1 aromatic carbocycles. The summed E-state index contributed by atoms with van der Waals surface area (Å²) in [5.74, 6) is 0. The molecule has 18 heavy (non-hydrogen) atoms. The number of aryl methyl sites for hydroxylation is 1. The zero-order valence-corrected chi connectivity index (χ0v) is 12.6. The number of benzene rings is 1. The number of halogens is 2. The van der Waals surface area contributed by atoms with Gasteiger partial charge in [-0.3, -0.25) is 0 Å². The maximum absolute atomic E-state index is 6.02. The van der Waals surface area contributed by atoms with Crippen LogP contribution in [0.1, 0.15) is 29.2 Å². The normalized spacial score (nSPS) is 12.7. The average molecular weight is 302 g/mol. The molecule has 0 amide bonds. The molecule has 2 rings (SSSR count). The van der Waals surface area contributed by atoms with Gasteiger partial charge in [-0.05, 0) is 26.0 Å². The Balaban J connectivity index is 1.99. The summed E-state index contributed by atoms with van der Waals surface area (Å²) in [5.41, 5.74) is 2.31. The van der Waals surface area contributed by atoms with Crippen molar-refractivity contribution < 1.29 is 5.32 Å². The fourth-order valence-corrected chi connectivity index (χ4v) is 2.66. The van der Waals surface area contributed by atoms with Crippen LogP contribution < -0.4 is 5.32 Å². The summed E-state index contributed by atoms with van der Waals surface area (Å²) in [6.45, 7) is 5.06. The Hall–Kier alpha value is -0.610. The van der Waals surface area contributed by atoms with E-state index in [9.17, 15) is 0 Å². The minimum atomic E-state index is 0.335. The van der Waals surface area contributed by atoms with Crippen LogP contribution in [0.2, 0.25) is 10.0 Å². The molecule has 5 heteroatoms. The van der Waals surface area contributed by atoms with Crippen molar-refractivity contribution in [1.82, 2.24) is 4.98 Å². The van der Waals surface area contributed by atoms with Gasteiger partial charge in [-0.25, -0.2) is 4.98 Å². The summed E-state index contributed by atoms with van der Waals surface area (Å²) in [4.78, 5) is 4.45. The molecule has 2 N–H and O–H groups in total. The van der Waals surface area contributed by atoms with Gasteiger partial charge in [-0.1, -0.05) is 29.3 Å². The highest BCUT2D eigenvalue weighted by Gasteiger charge is 2.11. The van der Waals surface area contributed by atoms with E-state index in [2.05, 4.69) is 22.6 Å². The van der Waals surface area contributed by atoms with Crippen LogP contribution in [0.5, 0.6) is 0 Å². The molecule has 0 radical (unpaired) electrons. The molecule has 1 heterocycles. The van der Waals surface area contributed by atoms with E-state index in [0.717, 1.165) is 17.2 Å². The first-order valence-corrected chi connectivity index (χ1v) is 7.39. The molecular formula is C13H15Cl2N2S+. The molecule has 0 saturated carbocycles. The molecule has 0 aliphatic carbocycles. The van der Waals surface area contributed by atoms with Crippen molar-refractivity contribution in [3.63, 3.8) is 0 Å². The van der Waals surface area contributed by atoms with Crippen LogP contribution in [-0.2, 0) is 6.54 Å². The molecule has 2 aromatic rings. The molecule has 0 aliphatic heterocycles. The molecule has 0 bridgehead atoms. The summed E-state index contributed by atoms with van der Waals surface area (Å²) in [7, 11) is 0. The van der Waals surface area contributed by atoms with E-state index < -0.39 is 0 Å². The van der Waals surface area contributed by atoms with E-state index >= 15 is 0 Å². The molecule has 2 nitrogen and oxygen atoms in total. The van der Waals surface area contributed by atoms with E-state index in [4.69, 9.17) is 23.2 Å². The van der Waals surface area contributed by atoms with Crippen LogP contribution in [0.4, 0.5) is 0 Å². The van der Waals surface area contributed by atoms with E-state index in [1.165, 1.54) is 5.56 Å². The van der Waals surface area contributed by atoms with E-state index in [1.807, 2.05) is 25.1 Å². The molecule has 1 atom stereocenters. The highest BCUT2D eigenvalue weighted by Crippen LogP contribution is 2.24. The standard InChI is InChI=1S/C13H14Cl2N2S/c1-8(10-3-4-12(14)13(15)5-10)16-6-11-7-18-9(2)17-11/h3-5,7-8,16H,6H2,1-2H3/p+1/t8-/m0/s1. The second-order valence-electron chi connectivity index (χ2n) is 4.26. The largest absolute Gasteiger partial charge is 0.335 e. The maximum atomic E-state index is 6.02. The first-order chi connectivity index (χ1) is 8.56. The van der Waals surface area contributed by atoms with Crippen molar-refractivity contribution in [2.24, 2.45) is 0 Å². The smallest absolute Gasteiger partial charge is 0.120 e. The van der Waals surface area contributed by atoms with Gasteiger partial charge in [0.05, 0.1) is 15.1 Å². The molecule has 0 unspecified atom stereocenters. The van der Waals surface area contributed by atoms with Crippen LogP contribution in [0, 0.1) is 6.92 Å². The van der Waals surface area contributed by atoms with Crippen molar-refractivity contribution in [2.75, 3.05) is 0 Å². The molecular weight excluding hydrogens is 287 g/mol. The summed E-state index contributed by atoms with van der Waals surface area (Å²) in [6, 6.07) is 6.12. The molecule has 0 spiro atoms. The summed E-state index contributed by atoms with van der Waals surface area (Å²) in [5, 5.41) is 6.67. The average Bonchev–Trinajstić information content (AvgIpc) is 2.75. The molecule has 0 saturated heterocycles. The molecule has 0 fully saturated rings. The number of nitrogens with zero attached hydrogens (tertiary/aromatic N) is 1. The monoisotopic (exact) mass is 301 g/mol. The van der Waals surface area contributed by atoms with Gasteiger partial charge >= 0.3 is 0 Å². The van der Waals surface area contributed by atoms with Gasteiger partial charge in [-0.15, -0.1) is 11.3 Å². The van der Waals surface area contributed by atoms with Crippen molar-refractivity contribution in [3.05, 3.63) is 49.9 Å². The third-order valence-electron chi connectivity index (χ3n) is 2.82. The van der Waals surface area contributed by atoms with E-state index in [-0.39, 0.29) is 0 Å². The quantitative estimate of drug-likeness (QED) is 0.919. The van der Waals surface area contributed by atoms with Crippen LogP contribution in [0.15, 0.2) is 23.6 Å². The number of hydrogen-bond donors (Lipinski definition) is 1. The van der Waals surface area contributed by atoms with Crippen molar-refractivity contribution in [2.45, 2.75) is 26.4 Å². The predicted octanol–water partition coefficient (Wildman–Crippen LogP) is 3.58. The fraction of sp³-hybridized carbons (Fsp3) is 0.308. The van der Waals surface area contributed by atoms with Crippen LogP contribution in [0.3, 0.4) is 0 Å².